The fourth-order valence-electron chi connectivity index (χ4n) is 3.34. The summed E-state index contributed by atoms with van der Waals surface area (Å²) in [6.07, 6.45) is 0. The van der Waals surface area contributed by atoms with Crippen molar-refractivity contribution >= 4 is 34.5 Å². The van der Waals surface area contributed by atoms with E-state index in [1.54, 1.807) is 30.3 Å². The van der Waals surface area contributed by atoms with E-state index in [-0.39, 0.29) is 16.9 Å². The predicted octanol–water partition coefficient (Wildman–Crippen LogP) is 4.52. The van der Waals surface area contributed by atoms with Crippen molar-refractivity contribution in [2.24, 2.45) is 0 Å². The van der Waals surface area contributed by atoms with Crippen LogP contribution in [0.2, 0.25) is 0 Å². The summed E-state index contributed by atoms with van der Waals surface area (Å²) in [6, 6.07) is 14.7. The van der Waals surface area contributed by atoms with Crippen LogP contribution in [0.4, 0.5) is 10.1 Å². The molecular weight excluding hydrogens is 393 g/mol. The zero-order chi connectivity index (χ0) is 20.5. The number of hydrogen-bond acceptors (Lipinski definition) is 5. The van der Waals surface area contributed by atoms with Gasteiger partial charge in [-0.1, -0.05) is 12.1 Å². The van der Waals surface area contributed by atoms with E-state index in [1.165, 1.54) is 47.6 Å². The van der Waals surface area contributed by atoms with Crippen LogP contribution in [0.15, 0.2) is 71.6 Å². The maximum atomic E-state index is 13.3. The number of nitrogens with zero attached hydrogens (tertiary/aromatic N) is 1. The highest BCUT2D eigenvalue weighted by Crippen LogP contribution is 2.44. The number of ketones is 1. The van der Waals surface area contributed by atoms with Gasteiger partial charge in [-0.05, 0) is 47.8 Å². The molecule has 4 rings (SSSR count). The Kier molecular flexibility index (Phi) is 4.90. The molecule has 5 nitrogen and oxygen atoms in total. The molecule has 1 atom stereocenters. The van der Waals surface area contributed by atoms with Gasteiger partial charge in [0.25, 0.3) is 11.7 Å². The molecule has 1 fully saturated rings. The van der Waals surface area contributed by atoms with Gasteiger partial charge in [0, 0.05) is 22.2 Å². The van der Waals surface area contributed by atoms with E-state index in [1.807, 2.05) is 11.4 Å². The average Bonchev–Trinajstić information content (AvgIpc) is 3.35. The number of carbonyl (C=O) groups is 2. The van der Waals surface area contributed by atoms with Crippen molar-refractivity contribution < 1.29 is 23.8 Å². The molecule has 1 unspecified atom stereocenters. The first kappa shape index (κ1) is 18.9. The summed E-state index contributed by atoms with van der Waals surface area (Å²) in [6.45, 7) is 0. The third-order valence-electron chi connectivity index (χ3n) is 4.71. The summed E-state index contributed by atoms with van der Waals surface area (Å²) in [4.78, 5) is 27.9. The van der Waals surface area contributed by atoms with E-state index in [4.69, 9.17) is 4.74 Å². The molecule has 7 heteroatoms. The molecule has 1 N–H and O–H groups in total. The molecule has 0 spiro atoms. The van der Waals surface area contributed by atoms with E-state index in [0.29, 0.717) is 11.4 Å². The van der Waals surface area contributed by atoms with E-state index >= 15 is 0 Å². The number of Topliss-reactive ketones (excluding diaryl/α,β-unsaturated/α-hetero) is 1. The Morgan fingerprint density at radius 2 is 1.86 bits per heavy atom. The van der Waals surface area contributed by atoms with Crippen LogP contribution in [0.25, 0.3) is 5.76 Å². The molecule has 0 bridgehead atoms. The Labute approximate surface area is 170 Å². The zero-order valence-electron chi connectivity index (χ0n) is 15.3. The summed E-state index contributed by atoms with van der Waals surface area (Å²) >= 11 is 1.37. The van der Waals surface area contributed by atoms with Gasteiger partial charge >= 0.3 is 0 Å². The van der Waals surface area contributed by atoms with Gasteiger partial charge in [0.1, 0.15) is 23.4 Å². The van der Waals surface area contributed by atoms with Gasteiger partial charge in [-0.25, -0.2) is 4.39 Å². The Bertz CT molecular complexity index is 1110. The maximum absolute atomic E-state index is 13.3. The number of carbonyl (C=O) groups excluding carboxylic acids is 2. The second kappa shape index (κ2) is 7.52. The third-order valence-corrected chi connectivity index (χ3v) is 5.63. The molecule has 2 heterocycles. The number of anilines is 1. The largest absolute Gasteiger partial charge is 0.507 e. The summed E-state index contributed by atoms with van der Waals surface area (Å²) in [7, 11) is 1.51. The van der Waals surface area contributed by atoms with Gasteiger partial charge in [0.15, 0.2) is 0 Å². The molecule has 29 heavy (non-hydrogen) atoms. The predicted molar refractivity (Wildman–Crippen MR) is 108 cm³/mol. The van der Waals surface area contributed by atoms with Gasteiger partial charge in [-0.3, -0.25) is 14.5 Å². The number of rotatable bonds is 4. The minimum Gasteiger partial charge on any atom is -0.507 e. The first-order chi connectivity index (χ1) is 14.0. The lowest BCUT2D eigenvalue weighted by Gasteiger charge is -2.24. The lowest BCUT2D eigenvalue weighted by atomic mass is 9.99. The number of amides is 1. The van der Waals surface area contributed by atoms with Crippen molar-refractivity contribution in [3.63, 3.8) is 0 Å². The van der Waals surface area contributed by atoms with Crippen LogP contribution in [0.1, 0.15) is 16.5 Å². The number of thiophene rings is 1. The fourth-order valence-corrected chi connectivity index (χ4v) is 4.16. The second-order valence-corrected chi connectivity index (χ2v) is 7.37. The highest BCUT2D eigenvalue weighted by Gasteiger charge is 2.47. The Morgan fingerprint density at radius 3 is 2.52 bits per heavy atom. The highest BCUT2D eigenvalue weighted by atomic mass is 32.1. The number of aliphatic hydroxyl groups is 1. The fraction of sp³-hybridized carbons (Fsp3) is 0.0909. The van der Waals surface area contributed by atoms with Crippen molar-refractivity contribution in [1.82, 2.24) is 0 Å². The normalized spacial score (nSPS) is 18.3. The number of ether oxygens (including phenoxy) is 1. The SMILES string of the molecule is COc1cccc(N2C(=O)C(=O)/C(=C(\O)c3ccc(F)cc3)C2c2cccs2)c1. The van der Waals surface area contributed by atoms with Crippen LogP contribution >= 0.6 is 11.3 Å². The van der Waals surface area contributed by atoms with Crippen LogP contribution in [-0.2, 0) is 9.59 Å². The molecule has 3 aromatic rings. The Morgan fingerprint density at radius 1 is 1.10 bits per heavy atom. The standard InChI is InChI=1S/C22H16FNO4S/c1-28-16-5-2-4-15(12-16)24-19(17-6-3-11-29-17)18(21(26)22(24)27)20(25)13-7-9-14(23)10-8-13/h2-12,19,25H,1H3/b20-18-. The smallest absolute Gasteiger partial charge is 0.300 e. The molecule has 146 valence electrons. The minimum atomic E-state index is -0.799. The van der Waals surface area contributed by atoms with E-state index in [9.17, 15) is 19.1 Å². The Hall–Kier alpha value is -3.45. The summed E-state index contributed by atoms with van der Waals surface area (Å²) < 4.78 is 18.5. The topological polar surface area (TPSA) is 66.8 Å². The van der Waals surface area contributed by atoms with Crippen molar-refractivity contribution in [2.45, 2.75) is 6.04 Å². The molecule has 1 aromatic heterocycles. The molecule has 1 aliphatic heterocycles. The van der Waals surface area contributed by atoms with Crippen molar-refractivity contribution in [1.29, 1.82) is 0 Å². The van der Waals surface area contributed by atoms with Crippen molar-refractivity contribution in [2.75, 3.05) is 12.0 Å². The molecule has 0 radical (unpaired) electrons. The first-order valence-corrected chi connectivity index (χ1v) is 9.63. The second-order valence-electron chi connectivity index (χ2n) is 6.39. The number of hydrogen-bond donors (Lipinski definition) is 1. The first-order valence-electron chi connectivity index (χ1n) is 8.75. The zero-order valence-corrected chi connectivity index (χ0v) is 16.2. The van der Waals surface area contributed by atoms with Gasteiger partial charge in [0.05, 0.1) is 12.7 Å². The van der Waals surface area contributed by atoms with Gasteiger partial charge in [-0.15, -0.1) is 11.3 Å². The van der Waals surface area contributed by atoms with Crippen LogP contribution in [0.5, 0.6) is 5.75 Å². The van der Waals surface area contributed by atoms with Crippen molar-refractivity contribution in [3.8, 4) is 5.75 Å². The monoisotopic (exact) mass is 409 g/mol. The number of benzene rings is 2. The molecule has 0 aliphatic carbocycles. The van der Waals surface area contributed by atoms with E-state index in [0.717, 1.165) is 4.88 Å². The molecular formula is C22H16FNO4S. The summed E-state index contributed by atoms with van der Waals surface area (Å²) in [5, 5.41) is 12.7. The average molecular weight is 409 g/mol. The Balaban J connectivity index is 1.91. The summed E-state index contributed by atoms with van der Waals surface area (Å²) in [5.74, 6) is -1.82. The molecule has 0 saturated carbocycles. The quantitative estimate of drug-likeness (QED) is 0.391. The molecule has 1 amide bonds. The number of aliphatic hydroxyl groups excluding tert-OH is 1. The van der Waals surface area contributed by atoms with Crippen LogP contribution in [0.3, 0.4) is 0 Å². The van der Waals surface area contributed by atoms with Gasteiger partial charge in [-0.2, -0.15) is 0 Å². The highest BCUT2D eigenvalue weighted by molar-refractivity contribution is 7.10. The van der Waals surface area contributed by atoms with E-state index < -0.39 is 23.5 Å². The lowest BCUT2D eigenvalue weighted by Crippen LogP contribution is -2.29. The van der Waals surface area contributed by atoms with Gasteiger partial charge in [0.2, 0.25) is 0 Å². The molecule has 2 aromatic carbocycles. The van der Waals surface area contributed by atoms with Crippen LogP contribution in [0, 0.1) is 5.82 Å². The van der Waals surface area contributed by atoms with Crippen LogP contribution < -0.4 is 9.64 Å². The molecule has 1 saturated heterocycles. The molecule has 1 aliphatic rings. The maximum Gasteiger partial charge on any atom is 0.300 e. The minimum absolute atomic E-state index is 0.0353. The van der Waals surface area contributed by atoms with Crippen molar-refractivity contribution in [3.05, 3.63) is 87.9 Å². The lowest BCUT2D eigenvalue weighted by molar-refractivity contribution is -0.132. The number of methoxy groups -OCH3 is 1. The number of halogens is 1. The van der Waals surface area contributed by atoms with Gasteiger partial charge < -0.3 is 9.84 Å². The third kappa shape index (κ3) is 3.30. The summed E-state index contributed by atoms with van der Waals surface area (Å²) in [5.41, 5.74) is 0.700. The van der Waals surface area contributed by atoms with E-state index in [2.05, 4.69) is 0 Å². The van der Waals surface area contributed by atoms with Crippen LogP contribution in [-0.4, -0.2) is 23.9 Å².